The van der Waals surface area contributed by atoms with Gasteiger partial charge in [0.2, 0.25) is 0 Å². The van der Waals surface area contributed by atoms with Gasteiger partial charge in [0.05, 0.1) is 55.7 Å². The third-order valence-corrected chi connectivity index (χ3v) is 19.9. The normalized spacial score (nSPS) is 14.0. The second-order valence-electron chi connectivity index (χ2n) is 20.9. The van der Waals surface area contributed by atoms with E-state index < -0.39 is 7.14 Å². The van der Waals surface area contributed by atoms with Crippen LogP contribution in [0.2, 0.25) is 0 Å². The number of aryl methyl sites for hydroxylation is 2. The second kappa shape index (κ2) is 15.1. The average molecular weight is 989 g/mol. The molecule has 0 unspecified atom stereocenters. The lowest BCUT2D eigenvalue weighted by atomic mass is 9.89. The zero-order valence-electron chi connectivity index (χ0n) is 41.7. The Kier molecular flexibility index (Phi) is 8.35. The molecule has 3 aliphatic rings. The summed E-state index contributed by atoms with van der Waals surface area (Å²) in [5.41, 5.74) is 14.0. The van der Waals surface area contributed by atoms with E-state index in [0.717, 1.165) is 106 Å². The largest absolute Gasteiger partial charge is 0.310 e. The van der Waals surface area contributed by atoms with Gasteiger partial charge in [-0.25, -0.2) is 0 Å². The van der Waals surface area contributed by atoms with E-state index in [2.05, 4.69) is 270 Å². The van der Waals surface area contributed by atoms with Gasteiger partial charge in [0, 0.05) is 60.8 Å². The number of para-hydroxylation sites is 3. The first-order valence-corrected chi connectivity index (χ1v) is 27.9. The molecule has 76 heavy (non-hydrogen) atoms. The zero-order valence-corrected chi connectivity index (χ0v) is 42.6. The van der Waals surface area contributed by atoms with Gasteiger partial charge in [-0.05, 0) is 119 Å². The lowest BCUT2D eigenvalue weighted by Crippen LogP contribution is -2.48. The standard InChI is InChI=1S/C70H45N4OP/c1-42-24-32-51(33-25-42)72-58-40-53(71(48-18-6-3-7-19-48)49-20-8-4-9-21-49)41-59-68(58)76(75)69-64(72)54-36-28-44-14-12-16-46-30-38-56(62(54)60(44)46)66(69)74(50-22-10-5-11-23-50)67-57-39-31-47-17-13-15-45-29-37-55(63(57)61(45)47)65(70(67)76)73(59)52-34-26-43(2)27-35-52/h3-41H,1-2H3. The molecule has 356 valence electrons. The van der Waals surface area contributed by atoms with Gasteiger partial charge >= 0.3 is 0 Å². The van der Waals surface area contributed by atoms with Crippen LogP contribution in [0.1, 0.15) is 11.1 Å². The molecular formula is C70H45N4OP. The van der Waals surface area contributed by atoms with Gasteiger partial charge in [0.1, 0.15) is 0 Å². The zero-order chi connectivity index (χ0) is 50.1. The maximum Gasteiger partial charge on any atom is 0.183 e. The van der Waals surface area contributed by atoms with Crippen molar-refractivity contribution in [2.24, 2.45) is 0 Å². The number of anilines is 12. The molecule has 0 N–H and O–H groups in total. The molecule has 0 aromatic heterocycles. The highest BCUT2D eigenvalue weighted by Gasteiger charge is 2.57. The van der Waals surface area contributed by atoms with Crippen LogP contribution in [-0.4, -0.2) is 0 Å². The van der Waals surface area contributed by atoms with Crippen LogP contribution in [0, 0.1) is 13.8 Å². The van der Waals surface area contributed by atoms with E-state index in [1.165, 1.54) is 54.2 Å². The summed E-state index contributed by atoms with van der Waals surface area (Å²) in [4.78, 5) is 9.84. The molecule has 14 aromatic rings. The minimum Gasteiger partial charge on any atom is -0.310 e. The molecule has 3 heterocycles. The molecule has 6 heteroatoms. The summed E-state index contributed by atoms with van der Waals surface area (Å²) < 4.78 is 19.1. The summed E-state index contributed by atoms with van der Waals surface area (Å²) in [6, 6.07) is 86.4. The van der Waals surface area contributed by atoms with Gasteiger partial charge in [-0.2, -0.15) is 0 Å². The van der Waals surface area contributed by atoms with E-state index >= 15 is 4.57 Å². The van der Waals surface area contributed by atoms with Crippen molar-refractivity contribution >= 4 is 156 Å². The summed E-state index contributed by atoms with van der Waals surface area (Å²) in [7, 11) is -3.95. The van der Waals surface area contributed by atoms with E-state index in [9.17, 15) is 0 Å². The van der Waals surface area contributed by atoms with Crippen LogP contribution in [0.4, 0.5) is 68.2 Å². The fourth-order valence-corrected chi connectivity index (χ4v) is 17.3. The van der Waals surface area contributed by atoms with E-state index in [0.29, 0.717) is 0 Å². The maximum atomic E-state index is 19.1. The monoisotopic (exact) mass is 988 g/mol. The summed E-state index contributed by atoms with van der Waals surface area (Å²) in [6.07, 6.45) is 0. The first-order valence-electron chi connectivity index (χ1n) is 26.2. The lowest BCUT2D eigenvalue weighted by molar-refractivity contribution is 0.592. The Morgan fingerprint density at radius 1 is 0.316 bits per heavy atom. The number of hydrogen-bond acceptors (Lipinski definition) is 5. The first-order chi connectivity index (χ1) is 37.4. The van der Waals surface area contributed by atoms with Crippen LogP contribution in [0.3, 0.4) is 0 Å². The van der Waals surface area contributed by atoms with Crippen LogP contribution in [0.15, 0.2) is 237 Å². The van der Waals surface area contributed by atoms with Crippen LogP contribution < -0.4 is 35.5 Å². The average Bonchev–Trinajstić information content (AvgIpc) is 3.17. The molecule has 3 aliphatic heterocycles. The van der Waals surface area contributed by atoms with Crippen LogP contribution in [0.25, 0.3) is 64.6 Å². The molecule has 0 atom stereocenters. The second-order valence-corrected chi connectivity index (χ2v) is 23.5. The van der Waals surface area contributed by atoms with Gasteiger partial charge in [-0.15, -0.1) is 0 Å². The van der Waals surface area contributed by atoms with Gasteiger partial charge in [0.15, 0.2) is 7.14 Å². The minimum atomic E-state index is -3.95. The molecule has 0 fully saturated rings. The predicted octanol–water partition coefficient (Wildman–Crippen LogP) is 18.6. The van der Waals surface area contributed by atoms with Gasteiger partial charge in [-0.1, -0.05) is 175 Å². The Balaban J connectivity index is 1.16. The van der Waals surface area contributed by atoms with Gasteiger partial charge < -0.3 is 24.2 Å². The highest BCUT2D eigenvalue weighted by Crippen LogP contribution is 2.71. The van der Waals surface area contributed by atoms with Crippen LogP contribution in [0.5, 0.6) is 0 Å². The Hall–Kier alpha value is -9.41. The van der Waals surface area contributed by atoms with Gasteiger partial charge in [-0.3, -0.25) is 0 Å². The molecule has 0 radical (unpaired) electrons. The molecule has 17 rings (SSSR count). The number of rotatable bonds is 6. The number of hydrogen-bond donors (Lipinski definition) is 0. The maximum absolute atomic E-state index is 19.1. The van der Waals surface area contributed by atoms with E-state index in [1.54, 1.807) is 0 Å². The molecule has 0 saturated carbocycles. The minimum absolute atomic E-state index is 0.842. The van der Waals surface area contributed by atoms with Crippen molar-refractivity contribution in [1.82, 2.24) is 0 Å². The number of benzene rings is 14. The molecule has 5 nitrogen and oxygen atoms in total. The summed E-state index contributed by atoms with van der Waals surface area (Å²) in [5.74, 6) is 0. The lowest BCUT2D eigenvalue weighted by Gasteiger charge is -2.51. The quantitative estimate of drug-likeness (QED) is 0.122. The van der Waals surface area contributed by atoms with Crippen molar-refractivity contribution in [3.8, 4) is 0 Å². The summed E-state index contributed by atoms with van der Waals surface area (Å²) in [6.45, 7) is 4.30. The predicted molar refractivity (Wildman–Crippen MR) is 322 cm³/mol. The third kappa shape index (κ3) is 5.37. The van der Waals surface area contributed by atoms with Crippen molar-refractivity contribution in [2.45, 2.75) is 13.8 Å². The van der Waals surface area contributed by atoms with Crippen molar-refractivity contribution in [2.75, 3.05) is 19.6 Å². The topological polar surface area (TPSA) is 30.0 Å². The highest BCUT2D eigenvalue weighted by atomic mass is 31.2. The molecule has 0 aliphatic carbocycles. The summed E-state index contributed by atoms with van der Waals surface area (Å²) in [5, 5.41) is 16.4. The molecular weight excluding hydrogens is 944 g/mol. The fraction of sp³-hybridized carbons (Fsp3) is 0.0286. The Bertz CT molecular complexity index is 4500. The SMILES string of the molecule is Cc1ccc(N2c3cc(N(c4ccccc4)c4ccccc4)cc4c3P3(=O)c5c2c2ccc6cccc7ccc(c5N(c5ccccc5)c5c3c(c3ccc8cccc9ccc5c3c89)N4c3ccc(C)cc3)c2c67)cc1. The van der Waals surface area contributed by atoms with Crippen molar-refractivity contribution < 1.29 is 4.57 Å². The van der Waals surface area contributed by atoms with Crippen molar-refractivity contribution in [3.05, 3.63) is 248 Å². The van der Waals surface area contributed by atoms with Crippen LogP contribution >= 0.6 is 7.14 Å². The molecule has 0 spiro atoms. The smallest absolute Gasteiger partial charge is 0.183 e. The molecule has 0 amide bonds. The van der Waals surface area contributed by atoms with Gasteiger partial charge in [0.25, 0.3) is 0 Å². The third-order valence-electron chi connectivity index (χ3n) is 16.7. The van der Waals surface area contributed by atoms with E-state index in [-0.39, 0.29) is 0 Å². The van der Waals surface area contributed by atoms with E-state index in [4.69, 9.17) is 0 Å². The fourth-order valence-electron chi connectivity index (χ4n) is 13.6. The molecule has 14 aromatic carbocycles. The number of nitrogens with zero attached hydrogens (tertiary/aromatic N) is 4. The Labute approximate surface area is 439 Å². The van der Waals surface area contributed by atoms with E-state index in [1.807, 2.05) is 0 Å². The number of fused-ring (bicyclic) bond motifs is 4. The van der Waals surface area contributed by atoms with Crippen LogP contribution in [-0.2, 0) is 4.57 Å². The van der Waals surface area contributed by atoms with Crippen molar-refractivity contribution in [1.29, 1.82) is 0 Å². The molecule has 0 saturated heterocycles. The summed E-state index contributed by atoms with van der Waals surface area (Å²) >= 11 is 0. The van der Waals surface area contributed by atoms with Crippen molar-refractivity contribution in [3.63, 3.8) is 0 Å². The Morgan fingerprint density at radius 2 is 0.671 bits per heavy atom. The highest BCUT2D eigenvalue weighted by molar-refractivity contribution is 7.87. The Morgan fingerprint density at radius 3 is 1.07 bits per heavy atom. The molecule has 0 bridgehead atoms. The first kappa shape index (κ1) is 42.0.